The van der Waals surface area contributed by atoms with Gasteiger partial charge in [0.25, 0.3) is 0 Å². The van der Waals surface area contributed by atoms with Gasteiger partial charge in [-0.15, -0.1) is 0 Å². The number of aryl methyl sites for hydroxylation is 2. The first kappa shape index (κ1) is 18.2. The highest BCUT2D eigenvalue weighted by molar-refractivity contribution is 7.89. The molecule has 2 aliphatic heterocycles. The Balaban J connectivity index is 1.50. The average Bonchev–Trinajstić information content (AvgIpc) is 3.27. The van der Waals surface area contributed by atoms with Crippen molar-refractivity contribution < 1.29 is 13.2 Å². The van der Waals surface area contributed by atoms with Crippen LogP contribution in [0.3, 0.4) is 0 Å². The molecule has 27 heavy (non-hydrogen) atoms. The predicted octanol–water partition coefficient (Wildman–Crippen LogP) is 2.17. The lowest BCUT2D eigenvalue weighted by Gasteiger charge is -2.18. The largest absolute Gasteiger partial charge is 0.335 e. The first-order chi connectivity index (χ1) is 12.9. The highest BCUT2D eigenvalue weighted by Crippen LogP contribution is 2.25. The Labute approximate surface area is 159 Å². The van der Waals surface area contributed by atoms with Crippen molar-refractivity contribution in [1.29, 1.82) is 0 Å². The Morgan fingerprint density at radius 2 is 1.85 bits per heavy atom. The van der Waals surface area contributed by atoms with E-state index in [-0.39, 0.29) is 17.3 Å². The quantitative estimate of drug-likeness (QED) is 0.787. The number of aromatic nitrogens is 2. The molecule has 0 aliphatic carbocycles. The van der Waals surface area contributed by atoms with E-state index in [2.05, 4.69) is 9.55 Å². The van der Waals surface area contributed by atoms with Gasteiger partial charge in [-0.25, -0.2) is 13.4 Å². The number of fused-ring (bicyclic) bond motifs is 1. The van der Waals surface area contributed by atoms with Crippen LogP contribution in [0.5, 0.6) is 0 Å². The summed E-state index contributed by atoms with van der Waals surface area (Å²) in [6.45, 7) is 1.89. The summed E-state index contributed by atoms with van der Waals surface area (Å²) in [7, 11) is -2.04. The second-order valence-corrected chi connectivity index (χ2v) is 9.25. The third kappa shape index (κ3) is 3.51. The van der Waals surface area contributed by atoms with Crippen molar-refractivity contribution in [2.75, 3.05) is 18.5 Å². The maximum Gasteiger partial charge on any atom is 0.243 e. The zero-order valence-corrected chi connectivity index (χ0v) is 16.3. The predicted molar refractivity (Wildman–Crippen MR) is 102 cm³/mol. The van der Waals surface area contributed by atoms with E-state index in [1.165, 1.54) is 4.31 Å². The minimum atomic E-state index is -3.61. The van der Waals surface area contributed by atoms with E-state index in [0.717, 1.165) is 49.4 Å². The molecular weight excluding hydrogens is 364 g/mol. The van der Waals surface area contributed by atoms with Crippen LogP contribution < -0.4 is 4.90 Å². The van der Waals surface area contributed by atoms with Crippen LogP contribution in [0.2, 0.25) is 0 Å². The van der Waals surface area contributed by atoms with E-state index in [9.17, 15) is 13.2 Å². The summed E-state index contributed by atoms with van der Waals surface area (Å²) in [5.74, 6) is 1.13. The SMILES string of the molecule is CN(Cc1cn2c(n1)CCCC2)S(=O)(=O)c1ccc(N2CCCC2=O)cc1. The lowest BCUT2D eigenvalue weighted by molar-refractivity contribution is -0.117. The van der Waals surface area contributed by atoms with Crippen LogP contribution in [0.4, 0.5) is 5.69 Å². The Hall–Kier alpha value is -2.19. The fourth-order valence-electron chi connectivity index (χ4n) is 3.76. The van der Waals surface area contributed by atoms with Crippen LogP contribution in [-0.2, 0) is 34.3 Å². The number of benzene rings is 1. The van der Waals surface area contributed by atoms with Gasteiger partial charge >= 0.3 is 0 Å². The van der Waals surface area contributed by atoms with Gasteiger partial charge in [-0.05, 0) is 43.5 Å². The Morgan fingerprint density at radius 3 is 2.52 bits per heavy atom. The van der Waals surface area contributed by atoms with Gasteiger partial charge in [0.2, 0.25) is 15.9 Å². The third-order valence-corrected chi connectivity index (χ3v) is 7.09. The Morgan fingerprint density at radius 1 is 1.07 bits per heavy atom. The number of carbonyl (C=O) groups excluding carboxylic acids is 1. The molecule has 1 fully saturated rings. The van der Waals surface area contributed by atoms with Crippen LogP contribution in [0.15, 0.2) is 35.4 Å². The molecule has 0 spiro atoms. The molecule has 1 aromatic carbocycles. The fourth-order valence-corrected chi connectivity index (χ4v) is 4.90. The first-order valence-corrected chi connectivity index (χ1v) is 10.8. The lowest BCUT2D eigenvalue weighted by atomic mass is 10.2. The third-order valence-electron chi connectivity index (χ3n) is 5.27. The molecule has 7 nitrogen and oxygen atoms in total. The molecule has 8 heteroatoms. The van der Waals surface area contributed by atoms with E-state index >= 15 is 0 Å². The highest BCUT2D eigenvalue weighted by Gasteiger charge is 2.25. The van der Waals surface area contributed by atoms with Crippen LogP contribution in [0.25, 0.3) is 0 Å². The minimum Gasteiger partial charge on any atom is -0.335 e. The Bertz CT molecular complexity index is 926. The van der Waals surface area contributed by atoms with Gasteiger partial charge < -0.3 is 9.47 Å². The zero-order chi connectivity index (χ0) is 19.0. The maximum absolute atomic E-state index is 12.9. The molecule has 4 rings (SSSR count). The van der Waals surface area contributed by atoms with Gasteiger partial charge in [0.05, 0.1) is 17.1 Å². The number of hydrogen-bond acceptors (Lipinski definition) is 4. The van der Waals surface area contributed by atoms with Gasteiger partial charge in [-0.2, -0.15) is 4.31 Å². The fraction of sp³-hybridized carbons (Fsp3) is 0.474. The molecule has 2 aliphatic rings. The van der Waals surface area contributed by atoms with Crippen LogP contribution in [0, 0.1) is 0 Å². The Kier molecular flexibility index (Phi) is 4.77. The molecule has 1 saturated heterocycles. The monoisotopic (exact) mass is 388 g/mol. The molecule has 0 unspecified atom stereocenters. The van der Waals surface area contributed by atoms with Crippen molar-refractivity contribution >= 4 is 21.6 Å². The van der Waals surface area contributed by atoms with Crippen molar-refractivity contribution in [3.63, 3.8) is 0 Å². The van der Waals surface area contributed by atoms with E-state index in [1.807, 2.05) is 6.20 Å². The summed E-state index contributed by atoms with van der Waals surface area (Å²) in [4.78, 5) is 18.4. The van der Waals surface area contributed by atoms with Crippen molar-refractivity contribution in [2.45, 2.75) is 50.1 Å². The van der Waals surface area contributed by atoms with Gasteiger partial charge in [-0.1, -0.05) is 0 Å². The molecule has 1 amide bonds. The molecule has 0 bridgehead atoms. The second-order valence-electron chi connectivity index (χ2n) is 7.20. The smallest absolute Gasteiger partial charge is 0.243 e. The number of anilines is 1. The normalized spacial score (nSPS) is 17.6. The summed E-state index contributed by atoms with van der Waals surface area (Å²) in [6.07, 6.45) is 6.59. The van der Waals surface area contributed by atoms with Crippen molar-refractivity contribution in [2.24, 2.45) is 0 Å². The minimum absolute atomic E-state index is 0.0893. The number of sulfonamides is 1. The molecule has 0 N–H and O–H groups in total. The van der Waals surface area contributed by atoms with Crippen LogP contribution in [-0.4, -0.2) is 41.8 Å². The van der Waals surface area contributed by atoms with Gasteiger partial charge in [0.15, 0.2) is 0 Å². The van der Waals surface area contributed by atoms with Crippen molar-refractivity contribution in [3.8, 4) is 0 Å². The molecule has 3 heterocycles. The molecule has 0 saturated carbocycles. The first-order valence-electron chi connectivity index (χ1n) is 9.37. The second kappa shape index (κ2) is 7.09. The lowest BCUT2D eigenvalue weighted by Crippen LogP contribution is -2.27. The molecular formula is C19H24N4O3S. The number of imidazole rings is 1. The molecule has 144 valence electrons. The van der Waals surface area contributed by atoms with Crippen molar-refractivity contribution in [3.05, 3.63) is 42.0 Å². The van der Waals surface area contributed by atoms with E-state index < -0.39 is 10.0 Å². The summed E-state index contributed by atoms with van der Waals surface area (Å²) in [5.41, 5.74) is 1.53. The molecule has 0 atom stereocenters. The van der Waals surface area contributed by atoms with E-state index in [4.69, 9.17) is 0 Å². The molecule has 0 radical (unpaired) electrons. The van der Waals surface area contributed by atoms with Crippen LogP contribution in [0.1, 0.15) is 37.2 Å². The molecule has 2 aromatic rings. The van der Waals surface area contributed by atoms with E-state index in [1.54, 1.807) is 36.2 Å². The summed E-state index contributed by atoms with van der Waals surface area (Å²) >= 11 is 0. The van der Waals surface area contributed by atoms with E-state index in [0.29, 0.717) is 13.0 Å². The van der Waals surface area contributed by atoms with Crippen molar-refractivity contribution in [1.82, 2.24) is 13.9 Å². The number of hydrogen-bond donors (Lipinski definition) is 0. The average molecular weight is 388 g/mol. The number of nitrogens with zero attached hydrogens (tertiary/aromatic N) is 4. The number of carbonyl (C=O) groups is 1. The van der Waals surface area contributed by atoms with Gasteiger partial charge in [0.1, 0.15) is 5.82 Å². The number of rotatable bonds is 5. The molecule has 1 aromatic heterocycles. The van der Waals surface area contributed by atoms with Gasteiger partial charge in [-0.3, -0.25) is 4.79 Å². The van der Waals surface area contributed by atoms with Crippen LogP contribution >= 0.6 is 0 Å². The zero-order valence-electron chi connectivity index (χ0n) is 15.5. The summed E-state index contributed by atoms with van der Waals surface area (Å²) in [6, 6.07) is 6.56. The standard InChI is InChI=1S/C19H24N4O3S/c1-21(13-15-14-22-11-3-2-5-18(22)20-15)27(25,26)17-9-7-16(8-10-17)23-12-4-6-19(23)24/h7-10,14H,2-6,11-13H2,1H3. The summed E-state index contributed by atoms with van der Waals surface area (Å²) < 4.78 is 29.2. The van der Waals surface area contributed by atoms with Gasteiger partial charge in [0, 0.05) is 44.9 Å². The highest BCUT2D eigenvalue weighted by atomic mass is 32.2. The maximum atomic E-state index is 12.9. The topological polar surface area (TPSA) is 75.5 Å². The number of amides is 1. The summed E-state index contributed by atoms with van der Waals surface area (Å²) in [5, 5.41) is 0.